The van der Waals surface area contributed by atoms with Gasteiger partial charge < -0.3 is 21.3 Å². The molecule has 3 rings (SSSR count). The number of amides is 3. The molecular weight excluding hydrogens is 521 g/mol. The van der Waals surface area contributed by atoms with Crippen molar-refractivity contribution in [3.63, 3.8) is 0 Å². The zero-order chi connectivity index (χ0) is 29.3. The van der Waals surface area contributed by atoms with Gasteiger partial charge in [0.2, 0.25) is 11.8 Å². The van der Waals surface area contributed by atoms with Crippen LogP contribution in [0.1, 0.15) is 42.3 Å². The number of hydrogen-bond donors (Lipinski definition) is 4. The monoisotopic (exact) mass is 554 g/mol. The molecule has 10 heteroatoms. The molecule has 0 aliphatic rings. The van der Waals surface area contributed by atoms with E-state index < -0.39 is 47.6 Å². The topological polar surface area (TPSA) is 99.3 Å². The molecule has 212 valence electrons. The lowest BCUT2D eigenvalue weighted by atomic mass is 10.0. The second-order valence-corrected chi connectivity index (χ2v) is 10.3. The largest absolute Gasteiger partial charge is 0.416 e. The van der Waals surface area contributed by atoms with E-state index in [4.69, 9.17) is 0 Å². The highest BCUT2D eigenvalue weighted by molar-refractivity contribution is 5.97. The zero-order valence-electron chi connectivity index (χ0n) is 22.6. The van der Waals surface area contributed by atoms with Crippen molar-refractivity contribution in [1.82, 2.24) is 21.3 Å². The normalized spacial score (nSPS) is 12.3. The van der Waals surface area contributed by atoms with Crippen LogP contribution in [0.2, 0.25) is 0 Å². The number of nitrogens with one attached hydrogen (secondary N) is 4. The van der Waals surface area contributed by atoms with Crippen LogP contribution in [0.5, 0.6) is 0 Å². The SMILES string of the molecule is CC(C)(C)NC(=O)[C@H](CNCc1ccc(-c2ccccc2)cc1)NC(=O)CNC(=O)c1cccc(C(F)(F)F)c1. The van der Waals surface area contributed by atoms with Gasteiger partial charge in [-0.3, -0.25) is 14.4 Å². The Labute approximate surface area is 231 Å². The van der Waals surface area contributed by atoms with Crippen molar-refractivity contribution in [1.29, 1.82) is 0 Å². The lowest BCUT2D eigenvalue weighted by Crippen LogP contribution is -2.56. The Kier molecular flexibility index (Phi) is 10.1. The molecule has 3 aromatic rings. The average molecular weight is 555 g/mol. The number of carbonyl (C=O) groups is 3. The van der Waals surface area contributed by atoms with Gasteiger partial charge in [-0.15, -0.1) is 0 Å². The first-order valence-electron chi connectivity index (χ1n) is 12.7. The highest BCUT2D eigenvalue weighted by atomic mass is 19.4. The Balaban J connectivity index is 1.57. The molecule has 3 amide bonds. The van der Waals surface area contributed by atoms with Crippen LogP contribution in [0.15, 0.2) is 78.9 Å². The van der Waals surface area contributed by atoms with Gasteiger partial charge in [0.25, 0.3) is 5.91 Å². The van der Waals surface area contributed by atoms with E-state index in [1.54, 1.807) is 20.8 Å². The van der Waals surface area contributed by atoms with Crippen LogP contribution in [0.25, 0.3) is 11.1 Å². The van der Waals surface area contributed by atoms with Crippen LogP contribution in [0.4, 0.5) is 13.2 Å². The fourth-order valence-electron chi connectivity index (χ4n) is 3.82. The van der Waals surface area contributed by atoms with E-state index in [1.807, 2.05) is 54.6 Å². The summed E-state index contributed by atoms with van der Waals surface area (Å²) in [6, 6.07) is 20.8. The number of carbonyl (C=O) groups excluding carboxylic acids is 3. The number of halogens is 3. The minimum Gasteiger partial charge on any atom is -0.350 e. The van der Waals surface area contributed by atoms with E-state index >= 15 is 0 Å². The molecule has 0 aliphatic carbocycles. The Bertz CT molecular complexity index is 1300. The van der Waals surface area contributed by atoms with Crippen molar-refractivity contribution < 1.29 is 27.6 Å². The minimum atomic E-state index is -4.60. The minimum absolute atomic E-state index is 0.107. The van der Waals surface area contributed by atoms with Crippen molar-refractivity contribution in [2.24, 2.45) is 0 Å². The molecule has 1 atom stereocenters. The maximum Gasteiger partial charge on any atom is 0.416 e. The summed E-state index contributed by atoms with van der Waals surface area (Å²) in [4.78, 5) is 37.8. The molecule has 0 aromatic heterocycles. The van der Waals surface area contributed by atoms with Crippen LogP contribution < -0.4 is 21.3 Å². The summed E-state index contributed by atoms with van der Waals surface area (Å²) in [5.41, 5.74) is 1.41. The number of rotatable bonds is 10. The Hall–Kier alpha value is -4.18. The second-order valence-electron chi connectivity index (χ2n) is 10.3. The smallest absolute Gasteiger partial charge is 0.350 e. The van der Waals surface area contributed by atoms with E-state index in [-0.39, 0.29) is 12.1 Å². The van der Waals surface area contributed by atoms with Crippen LogP contribution in [-0.4, -0.2) is 42.4 Å². The fourth-order valence-corrected chi connectivity index (χ4v) is 3.82. The third-order valence-corrected chi connectivity index (χ3v) is 5.75. The summed E-state index contributed by atoms with van der Waals surface area (Å²) < 4.78 is 38.8. The average Bonchev–Trinajstić information content (AvgIpc) is 2.90. The highest BCUT2D eigenvalue weighted by Gasteiger charge is 2.31. The second kappa shape index (κ2) is 13.3. The molecule has 0 heterocycles. The summed E-state index contributed by atoms with van der Waals surface area (Å²) in [6.07, 6.45) is -4.60. The zero-order valence-corrected chi connectivity index (χ0v) is 22.6. The Morgan fingerprint density at radius 3 is 2.10 bits per heavy atom. The Morgan fingerprint density at radius 2 is 1.48 bits per heavy atom. The molecule has 3 aromatic carbocycles. The van der Waals surface area contributed by atoms with Gasteiger partial charge >= 0.3 is 6.18 Å². The molecule has 40 heavy (non-hydrogen) atoms. The summed E-state index contributed by atoms with van der Waals surface area (Å²) in [5, 5.41) is 10.9. The summed E-state index contributed by atoms with van der Waals surface area (Å²) in [5.74, 6) is -1.92. The van der Waals surface area contributed by atoms with Gasteiger partial charge in [0.05, 0.1) is 12.1 Å². The van der Waals surface area contributed by atoms with Crippen molar-refractivity contribution in [2.75, 3.05) is 13.1 Å². The van der Waals surface area contributed by atoms with Crippen molar-refractivity contribution in [3.8, 4) is 11.1 Å². The van der Waals surface area contributed by atoms with Crippen LogP contribution >= 0.6 is 0 Å². The van der Waals surface area contributed by atoms with E-state index in [0.29, 0.717) is 12.6 Å². The molecule has 0 unspecified atom stereocenters. The van der Waals surface area contributed by atoms with E-state index in [9.17, 15) is 27.6 Å². The first-order chi connectivity index (χ1) is 18.8. The number of alkyl halides is 3. The van der Waals surface area contributed by atoms with Gasteiger partial charge in [-0.05, 0) is 55.7 Å². The van der Waals surface area contributed by atoms with Crippen molar-refractivity contribution in [2.45, 2.75) is 45.1 Å². The lowest BCUT2D eigenvalue weighted by Gasteiger charge is -2.26. The summed E-state index contributed by atoms with van der Waals surface area (Å²) in [6.45, 7) is 5.45. The maximum absolute atomic E-state index is 12.9. The van der Waals surface area contributed by atoms with Gasteiger partial charge in [0.1, 0.15) is 6.04 Å². The number of hydrogen-bond acceptors (Lipinski definition) is 4. The summed E-state index contributed by atoms with van der Waals surface area (Å²) in [7, 11) is 0. The predicted octanol–water partition coefficient (Wildman–Crippen LogP) is 4.29. The first kappa shape index (κ1) is 30.4. The standard InChI is InChI=1S/C30H33F3N4O3/c1-29(2,3)37-28(40)25(18-34-17-20-12-14-22(15-13-20)21-8-5-4-6-9-21)36-26(38)19-35-27(39)23-10-7-11-24(16-23)30(31,32)33/h4-16,25,34H,17-19H2,1-3H3,(H,35,39)(H,36,38)(H,37,40)/t25-/m0/s1. The lowest BCUT2D eigenvalue weighted by molar-refractivity contribution is -0.137. The van der Waals surface area contributed by atoms with E-state index in [0.717, 1.165) is 28.8 Å². The van der Waals surface area contributed by atoms with E-state index in [1.165, 1.54) is 6.07 Å². The van der Waals surface area contributed by atoms with Gasteiger partial charge in [0.15, 0.2) is 0 Å². The molecule has 0 spiro atoms. The maximum atomic E-state index is 12.9. The molecule has 0 radical (unpaired) electrons. The van der Waals surface area contributed by atoms with Crippen LogP contribution in [-0.2, 0) is 22.3 Å². The summed E-state index contributed by atoms with van der Waals surface area (Å²) >= 11 is 0. The van der Waals surface area contributed by atoms with Crippen molar-refractivity contribution >= 4 is 17.7 Å². The van der Waals surface area contributed by atoms with E-state index in [2.05, 4.69) is 21.3 Å². The quantitative estimate of drug-likeness (QED) is 0.301. The van der Waals surface area contributed by atoms with Gasteiger partial charge in [-0.1, -0.05) is 60.7 Å². The third-order valence-electron chi connectivity index (χ3n) is 5.75. The van der Waals surface area contributed by atoms with Gasteiger partial charge in [0, 0.05) is 24.2 Å². The molecular formula is C30H33F3N4O3. The highest BCUT2D eigenvalue weighted by Crippen LogP contribution is 2.29. The predicted molar refractivity (Wildman–Crippen MR) is 147 cm³/mol. The fraction of sp³-hybridized carbons (Fsp3) is 0.300. The van der Waals surface area contributed by atoms with Crippen molar-refractivity contribution in [3.05, 3.63) is 95.6 Å². The molecule has 0 aliphatic heterocycles. The molecule has 0 saturated heterocycles. The number of benzene rings is 3. The molecule has 4 N–H and O–H groups in total. The first-order valence-corrected chi connectivity index (χ1v) is 12.7. The molecule has 7 nitrogen and oxygen atoms in total. The van der Waals surface area contributed by atoms with Gasteiger partial charge in [-0.2, -0.15) is 13.2 Å². The third kappa shape index (κ3) is 9.53. The van der Waals surface area contributed by atoms with Crippen LogP contribution in [0, 0.1) is 0 Å². The molecule has 0 fully saturated rings. The molecule has 0 bridgehead atoms. The Morgan fingerprint density at radius 1 is 0.825 bits per heavy atom. The van der Waals surface area contributed by atoms with Crippen LogP contribution in [0.3, 0.4) is 0 Å². The van der Waals surface area contributed by atoms with Gasteiger partial charge in [-0.25, -0.2) is 0 Å². The molecule has 0 saturated carbocycles.